The molecular weight excluding hydrogens is 252 g/mol. The topological polar surface area (TPSA) is 98.5 Å². The molecule has 1 amide bonds. The largest absolute Gasteiger partial charge is 0.465 e. The maximum Gasteiger partial charge on any atom is 0.338 e. The van der Waals surface area contributed by atoms with E-state index in [0.29, 0.717) is 5.56 Å². The molecule has 0 bridgehead atoms. The molecule has 0 radical (unpaired) electrons. The minimum absolute atomic E-state index is 0.0907. The number of rotatable bonds is 4. The van der Waals surface area contributed by atoms with E-state index in [1.807, 2.05) is 0 Å². The van der Waals surface area contributed by atoms with Crippen molar-refractivity contribution in [3.05, 3.63) is 39.4 Å². The number of carbonyl (C=O) groups is 2. The van der Waals surface area contributed by atoms with Crippen molar-refractivity contribution in [1.82, 2.24) is 5.32 Å². The summed E-state index contributed by atoms with van der Waals surface area (Å²) < 4.78 is 4.50. The smallest absolute Gasteiger partial charge is 0.338 e. The van der Waals surface area contributed by atoms with Gasteiger partial charge >= 0.3 is 5.97 Å². The maximum atomic E-state index is 11.3. The SMILES string of the molecule is COC(=O)c1ccc([C@@H](C)NC(C)=O)c([N+](=O)[O-])c1. The Hall–Kier alpha value is -2.44. The quantitative estimate of drug-likeness (QED) is 0.506. The van der Waals surface area contributed by atoms with Gasteiger partial charge in [0.05, 0.1) is 29.2 Å². The van der Waals surface area contributed by atoms with Crippen LogP contribution in [0.25, 0.3) is 0 Å². The molecule has 0 heterocycles. The van der Waals surface area contributed by atoms with Gasteiger partial charge in [-0.1, -0.05) is 0 Å². The van der Waals surface area contributed by atoms with Gasteiger partial charge in [0.25, 0.3) is 5.69 Å². The van der Waals surface area contributed by atoms with E-state index < -0.39 is 16.9 Å². The molecule has 0 saturated heterocycles. The number of benzene rings is 1. The van der Waals surface area contributed by atoms with Gasteiger partial charge in [-0.2, -0.15) is 0 Å². The third-order valence-corrected chi connectivity index (χ3v) is 2.53. The Kier molecular flexibility index (Phi) is 4.57. The lowest BCUT2D eigenvalue weighted by molar-refractivity contribution is -0.385. The monoisotopic (exact) mass is 266 g/mol. The molecule has 7 heteroatoms. The van der Waals surface area contributed by atoms with Crippen LogP contribution in [0.4, 0.5) is 5.69 Å². The number of hydrogen-bond donors (Lipinski definition) is 1. The van der Waals surface area contributed by atoms with Gasteiger partial charge in [-0.25, -0.2) is 4.79 Å². The lowest BCUT2D eigenvalue weighted by atomic mass is 10.0. The number of nitrogens with one attached hydrogen (secondary N) is 1. The first kappa shape index (κ1) is 14.6. The molecule has 0 saturated carbocycles. The molecule has 1 atom stereocenters. The minimum atomic E-state index is -0.651. The van der Waals surface area contributed by atoms with E-state index in [1.54, 1.807) is 6.92 Å². The molecular formula is C12H14N2O5. The van der Waals surface area contributed by atoms with Gasteiger partial charge in [0, 0.05) is 13.0 Å². The number of carbonyl (C=O) groups excluding carboxylic acids is 2. The van der Waals surface area contributed by atoms with E-state index >= 15 is 0 Å². The van der Waals surface area contributed by atoms with E-state index in [1.165, 1.54) is 26.2 Å². The second kappa shape index (κ2) is 5.94. The number of hydrogen-bond acceptors (Lipinski definition) is 5. The number of amides is 1. The van der Waals surface area contributed by atoms with Gasteiger partial charge in [-0.3, -0.25) is 14.9 Å². The third kappa shape index (κ3) is 3.51. The molecule has 0 spiro atoms. The Balaban J connectivity index is 3.22. The standard InChI is InChI=1S/C12H14N2O5/c1-7(13-8(2)15)10-5-4-9(12(16)19-3)6-11(10)14(17)18/h4-7H,1-3H3,(H,13,15)/t7-/m1/s1. The summed E-state index contributed by atoms with van der Waals surface area (Å²) >= 11 is 0. The normalized spacial score (nSPS) is 11.5. The summed E-state index contributed by atoms with van der Waals surface area (Å²) in [5.41, 5.74) is 0.185. The summed E-state index contributed by atoms with van der Waals surface area (Å²) in [5.74, 6) is -0.944. The Labute approximate surface area is 109 Å². The first-order valence-corrected chi connectivity index (χ1v) is 5.50. The highest BCUT2D eigenvalue weighted by atomic mass is 16.6. The van der Waals surface area contributed by atoms with Crippen molar-refractivity contribution in [3.63, 3.8) is 0 Å². The van der Waals surface area contributed by atoms with Crippen molar-refractivity contribution in [1.29, 1.82) is 0 Å². The average Bonchev–Trinajstić information content (AvgIpc) is 2.36. The number of nitro benzene ring substituents is 1. The molecule has 102 valence electrons. The number of nitrogens with zero attached hydrogens (tertiary/aromatic N) is 1. The molecule has 1 N–H and O–H groups in total. The predicted octanol–water partition coefficient (Wildman–Crippen LogP) is 1.58. The van der Waals surface area contributed by atoms with Crippen molar-refractivity contribution in [3.8, 4) is 0 Å². The van der Waals surface area contributed by atoms with E-state index in [0.717, 1.165) is 6.07 Å². The van der Waals surface area contributed by atoms with Crippen LogP contribution in [0.3, 0.4) is 0 Å². The molecule has 1 rings (SSSR count). The molecule has 0 aliphatic rings. The zero-order valence-electron chi connectivity index (χ0n) is 10.8. The zero-order chi connectivity index (χ0) is 14.6. The molecule has 0 fully saturated rings. The first-order chi connectivity index (χ1) is 8.86. The van der Waals surface area contributed by atoms with Gasteiger partial charge in [0.15, 0.2) is 0 Å². The Morgan fingerprint density at radius 1 is 1.42 bits per heavy atom. The Bertz CT molecular complexity index is 527. The third-order valence-electron chi connectivity index (χ3n) is 2.53. The lowest BCUT2D eigenvalue weighted by Crippen LogP contribution is -2.24. The lowest BCUT2D eigenvalue weighted by Gasteiger charge is -2.13. The van der Waals surface area contributed by atoms with Crippen LogP contribution in [-0.4, -0.2) is 23.9 Å². The molecule has 0 aromatic heterocycles. The Morgan fingerprint density at radius 2 is 2.05 bits per heavy atom. The van der Waals surface area contributed by atoms with E-state index in [2.05, 4.69) is 10.1 Å². The maximum absolute atomic E-state index is 11.3. The molecule has 1 aromatic carbocycles. The summed E-state index contributed by atoms with van der Waals surface area (Å²) in [4.78, 5) is 32.7. The van der Waals surface area contributed by atoms with Crippen LogP contribution in [0, 0.1) is 10.1 Å². The molecule has 1 aromatic rings. The van der Waals surface area contributed by atoms with Gasteiger partial charge in [-0.05, 0) is 19.1 Å². The van der Waals surface area contributed by atoms with Crippen LogP contribution in [0.5, 0.6) is 0 Å². The van der Waals surface area contributed by atoms with Gasteiger partial charge in [0.1, 0.15) is 0 Å². The van der Waals surface area contributed by atoms with Crippen molar-refractivity contribution in [2.24, 2.45) is 0 Å². The van der Waals surface area contributed by atoms with Crippen molar-refractivity contribution in [2.75, 3.05) is 7.11 Å². The molecule has 0 aliphatic carbocycles. The van der Waals surface area contributed by atoms with Gasteiger partial charge in [0.2, 0.25) is 5.91 Å². The number of esters is 1. The van der Waals surface area contributed by atoms with Crippen LogP contribution in [0.2, 0.25) is 0 Å². The summed E-state index contributed by atoms with van der Waals surface area (Å²) in [6.45, 7) is 2.95. The predicted molar refractivity (Wildman–Crippen MR) is 66.7 cm³/mol. The Morgan fingerprint density at radius 3 is 2.53 bits per heavy atom. The van der Waals surface area contributed by atoms with Crippen LogP contribution < -0.4 is 5.32 Å². The van der Waals surface area contributed by atoms with Crippen molar-refractivity contribution in [2.45, 2.75) is 19.9 Å². The highest BCUT2D eigenvalue weighted by molar-refractivity contribution is 5.90. The van der Waals surface area contributed by atoms with Crippen molar-refractivity contribution < 1.29 is 19.2 Å². The van der Waals surface area contributed by atoms with Crippen LogP contribution >= 0.6 is 0 Å². The fourth-order valence-electron chi connectivity index (χ4n) is 1.70. The number of nitro groups is 1. The van der Waals surface area contributed by atoms with Crippen LogP contribution in [-0.2, 0) is 9.53 Å². The molecule has 0 unspecified atom stereocenters. The zero-order valence-corrected chi connectivity index (χ0v) is 10.8. The van der Waals surface area contributed by atoms with E-state index in [-0.39, 0.29) is 17.2 Å². The summed E-state index contributed by atoms with van der Waals surface area (Å²) in [5, 5.41) is 13.6. The van der Waals surface area contributed by atoms with E-state index in [9.17, 15) is 19.7 Å². The molecule has 0 aliphatic heterocycles. The minimum Gasteiger partial charge on any atom is -0.465 e. The molecule has 19 heavy (non-hydrogen) atoms. The summed E-state index contributed by atoms with van der Waals surface area (Å²) in [7, 11) is 1.20. The number of methoxy groups -OCH3 is 1. The highest BCUT2D eigenvalue weighted by Crippen LogP contribution is 2.26. The average molecular weight is 266 g/mol. The van der Waals surface area contributed by atoms with Crippen molar-refractivity contribution >= 4 is 17.6 Å². The number of ether oxygens (including phenoxy) is 1. The van der Waals surface area contributed by atoms with Crippen LogP contribution in [0.1, 0.15) is 35.8 Å². The van der Waals surface area contributed by atoms with Crippen LogP contribution in [0.15, 0.2) is 18.2 Å². The second-order valence-electron chi connectivity index (χ2n) is 3.94. The fourth-order valence-corrected chi connectivity index (χ4v) is 1.70. The first-order valence-electron chi connectivity index (χ1n) is 5.50. The van der Waals surface area contributed by atoms with Gasteiger partial charge in [-0.15, -0.1) is 0 Å². The fraction of sp³-hybridized carbons (Fsp3) is 0.333. The highest BCUT2D eigenvalue weighted by Gasteiger charge is 2.22. The van der Waals surface area contributed by atoms with E-state index in [4.69, 9.17) is 0 Å². The summed E-state index contributed by atoms with van der Waals surface area (Å²) in [6.07, 6.45) is 0. The summed E-state index contributed by atoms with van der Waals surface area (Å²) in [6, 6.07) is 3.47. The molecule has 7 nitrogen and oxygen atoms in total. The van der Waals surface area contributed by atoms with Gasteiger partial charge < -0.3 is 10.1 Å². The second-order valence-corrected chi connectivity index (χ2v) is 3.94.